The number of ether oxygens (including phenoxy) is 1. The highest BCUT2D eigenvalue weighted by molar-refractivity contribution is 5.90. The molecule has 0 radical (unpaired) electrons. The summed E-state index contributed by atoms with van der Waals surface area (Å²) in [4.78, 5) is 24.3. The molecule has 0 aliphatic heterocycles. The van der Waals surface area contributed by atoms with E-state index in [9.17, 15) is 27.2 Å². The second kappa shape index (κ2) is 8.36. The van der Waals surface area contributed by atoms with Crippen molar-refractivity contribution >= 4 is 11.6 Å². The Kier molecular flexibility index (Phi) is 5.86. The molecule has 3 aromatic rings. The lowest BCUT2D eigenvalue weighted by Crippen LogP contribution is -2.29. The molecule has 10 heteroatoms. The van der Waals surface area contributed by atoms with Gasteiger partial charge in [0.05, 0.1) is 18.4 Å². The molecule has 0 aliphatic rings. The zero-order chi connectivity index (χ0) is 21.9. The number of halogens is 4. The molecular weight excluding hydrogens is 406 g/mol. The lowest BCUT2D eigenvalue weighted by molar-refractivity contribution is -0.140. The van der Waals surface area contributed by atoms with Gasteiger partial charge >= 0.3 is 6.18 Å². The fourth-order valence-electron chi connectivity index (χ4n) is 2.72. The first-order valence-corrected chi connectivity index (χ1v) is 8.57. The molecule has 30 heavy (non-hydrogen) atoms. The van der Waals surface area contributed by atoms with Gasteiger partial charge in [0.15, 0.2) is 0 Å². The molecule has 1 aromatic heterocycles. The van der Waals surface area contributed by atoms with Crippen LogP contribution in [0.1, 0.15) is 5.56 Å². The van der Waals surface area contributed by atoms with E-state index >= 15 is 0 Å². The molecule has 2 aromatic carbocycles. The quantitative estimate of drug-likeness (QED) is 0.638. The molecule has 0 atom stereocenters. The van der Waals surface area contributed by atoms with Gasteiger partial charge in [-0.15, -0.1) is 0 Å². The van der Waals surface area contributed by atoms with Crippen LogP contribution in [-0.2, 0) is 17.5 Å². The molecule has 3 rings (SSSR count). The average molecular weight is 421 g/mol. The number of hydrogen-bond acceptors (Lipinski definition) is 4. The first-order valence-electron chi connectivity index (χ1n) is 8.57. The summed E-state index contributed by atoms with van der Waals surface area (Å²) < 4.78 is 57.9. The summed E-state index contributed by atoms with van der Waals surface area (Å²) >= 11 is 0. The summed E-state index contributed by atoms with van der Waals surface area (Å²) in [5.74, 6) is -1.75. The predicted molar refractivity (Wildman–Crippen MR) is 101 cm³/mol. The largest absolute Gasteiger partial charge is 0.496 e. The molecule has 0 saturated carbocycles. The normalized spacial score (nSPS) is 11.2. The van der Waals surface area contributed by atoms with E-state index in [0.717, 1.165) is 10.7 Å². The van der Waals surface area contributed by atoms with E-state index in [4.69, 9.17) is 4.74 Å². The zero-order valence-corrected chi connectivity index (χ0v) is 15.5. The fraction of sp³-hybridized carbons (Fsp3) is 0.150. The second-order valence-corrected chi connectivity index (χ2v) is 6.16. The summed E-state index contributed by atoms with van der Waals surface area (Å²) in [7, 11) is 1.47. The first-order chi connectivity index (χ1) is 14.2. The van der Waals surface area contributed by atoms with Crippen molar-refractivity contribution in [3.8, 4) is 17.0 Å². The van der Waals surface area contributed by atoms with Gasteiger partial charge in [0.2, 0.25) is 5.91 Å². The maximum absolute atomic E-state index is 13.4. The summed E-state index contributed by atoms with van der Waals surface area (Å²) in [6, 6.07) is 11.7. The van der Waals surface area contributed by atoms with E-state index in [0.29, 0.717) is 29.1 Å². The summed E-state index contributed by atoms with van der Waals surface area (Å²) in [5, 5.41) is 6.34. The highest BCUT2D eigenvalue weighted by atomic mass is 19.4. The van der Waals surface area contributed by atoms with Crippen LogP contribution in [0.3, 0.4) is 0 Å². The van der Waals surface area contributed by atoms with Gasteiger partial charge in [-0.25, -0.2) is 9.07 Å². The van der Waals surface area contributed by atoms with Crippen molar-refractivity contribution in [1.82, 2.24) is 9.78 Å². The summed E-state index contributed by atoms with van der Waals surface area (Å²) in [6.45, 7) is -0.555. The van der Waals surface area contributed by atoms with Crippen LogP contribution in [-0.4, -0.2) is 22.8 Å². The first kappa shape index (κ1) is 21.0. The van der Waals surface area contributed by atoms with E-state index in [2.05, 4.69) is 10.4 Å². The minimum Gasteiger partial charge on any atom is -0.496 e. The highest BCUT2D eigenvalue weighted by Gasteiger charge is 2.34. The van der Waals surface area contributed by atoms with E-state index < -0.39 is 35.6 Å². The number of carbonyl (C=O) groups is 1. The van der Waals surface area contributed by atoms with Gasteiger partial charge in [-0.2, -0.15) is 18.3 Å². The minimum absolute atomic E-state index is 0.261. The lowest BCUT2D eigenvalue weighted by atomic mass is 10.1. The third kappa shape index (κ3) is 4.65. The molecule has 1 amide bonds. The van der Waals surface area contributed by atoms with Gasteiger partial charge in [-0.3, -0.25) is 9.59 Å². The van der Waals surface area contributed by atoms with Crippen LogP contribution in [0.5, 0.6) is 5.75 Å². The van der Waals surface area contributed by atoms with Gasteiger partial charge in [-0.05, 0) is 36.4 Å². The molecule has 156 valence electrons. The number of benzene rings is 2. The van der Waals surface area contributed by atoms with Crippen molar-refractivity contribution < 1.29 is 27.1 Å². The molecule has 0 aliphatic carbocycles. The Morgan fingerprint density at radius 1 is 1.13 bits per heavy atom. The van der Waals surface area contributed by atoms with Gasteiger partial charge in [-0.1, -0.05) is 12.1 Å². The smallest absolute Gasteiger partial charge is 0.419 e. The molecule has 1 N–H and O–H groups in total. The molecule has 0 saturated heterocycles. The Labute approximate surface area is 167 Å². The topological polar surface area (TPSA) is 73.2 Å². The Hall–Kier alpha value is -3.69. The van der Waals surface area contributed by atoms with E-state index in [-0.39, 0.29) is 5.69 Å². The third-order valence-corrected chi connectivity index (χ3v) is 4.10. The predicted octanol–water partition coefficient (Wildman–Crippen LogP) is 3.72. The van der Waals surface area contributed by atoms with Gasteiger partial charge in [0, 0.05) is 17.3 Å². The number of amides is 1. The summed E-state index contributed by atoms with van der Waals surface area (Å²) in [5.41, 5.74) is -1.40. The number of methoxy groups -OCH3 is 1. The van der Waals surface area contributed by atoms with Gasteiger partial charge in [0.1, 0.15) is 18.1 Å². The van der Waals surface area contributed by atoms with Crippen molar-refractivity contribution in [1.29, 1.82) is 0 Å². The third-order valence-electron chi connectivity index (χ3n) is 4.10. The van der Waals surface area contributed by atoms with Crippen LogP contribution in [0.4, 0.5) is 23.2 Å². The van der Waals surface area contributed by atoms with Crippen LogP contribution >= 0.6 is 0 Å². The van der Waals surface area contributed by atoms with Crippen LogP contribution in [0.25, 0.3) is 11.3 Å². The van der Waals surface area contributed by atoms with E-state index in [1.54, 1.807) is 24.3 Å². The average Bonchev–Trinajstić information content (AvgIpc) is 2.70. The molecular formula is C20H15F4N3O3. The van der Waals surface area contributed by atoms with Gasteiger partial charge in [0.25, 0.3) is 5.56 Å². The molecule has 6 nitrogen and oxygen atoms in total. The monoisotopic (exact) mass is 421 g/mol. The van der Waals surface area contributed by atoms with E-state index in [1.165, 1.54) is 19.2 Å². The maximum atomic E-state index is 13.4. The number of carbonyl (C=O) groups excluding carboxylic acids is 1. The minimum atomic E-state index is -4.91. The Morgan fingerprint density at radius 3 is 2.57 bits per heavy atom. The molecule has 0 spiro atoms. The second-order valence-electron chi connectivity index (χ2n) is 6.16. The Balaban J connectivity index is 1.83. The van der Waals surface area contributed by atoms with E-state index in [1.807, 2.05) is 0 Å². The fourth-order valence-corrected chi connectivity index (χ4v) is 2.72. The number of nitrogens with zero attached hydrogens (tertiary/aromatic N) is 2. The van der Waals surface area contributed by atoms with Crippen molar-refractivity contribution in [2.75, 3.05) is 12.4 Å². The summed E-state index contributed by atoms with van der Waals surface area (Å²) in [6.07, 6.45) is -4.91. The number of anilines is 1. The Morgan fingerprint density at radius 2 is 1.87 bits per heavy atom. The Bertz CT molecular complexity index is 1140. The van der Waals surface area contributed by atoms with Crippen molar-refractivity contribution in [3.05, 3.63) is 76.3 Å². The van der Waals surface area contributed by atoms with Crippen molar-refractivity contribution in [2.24, 2.45) is 0 Å². The van der Waals surface area contributed by atoms with Crippen molar-refractivity contribution in [2.45, 2.75) is 12.7 Å². The molecule has 0 unspecified atom stereocenters. The number of hydrogen-bond donors (Lipinski definition) is 1. The number of alkyl halides is 3. The number of para-hydroxylation sites is 1. The van der Waals surface area contributed by atoms with Crippen LogP contribution in [0, 0.1) is 5.82 Å². The van der Waals surface area contributed by atoms with Crippen molar-refractivity contribution in [3.63, 3.8) is 0 Å². The zero-order valence-electron chi connectivity index (χ0n) is 15.5. The number of aromatic nitrogens is 2. The number of nitrogens with one attached hydrogen (secondary N) is 1. The molecule has 0 fully saturated rings. The SMILES string of the molecule is COc1ccccc1-c1ccc(=O)n(CC(=O)Nc2ccc(F)c(C(F)(F)F)c2)n1. The standard InChI is InChI=1S/C20H15F4N3O3/c1-30-17-5-3-2-4-13(17)16-8-9-19(29)27(26-16)11-18(28)25-12-6-7-15(21)14(10-12)20(22,23)24/h2-10H,11H2,1H3,(H,25,28). The lowest BCUT2D eigenvalue weighted by Gasteiger charge is -2.12. The van der Waals surface area contributed by atoms with Crippen LogP contribution < -0.4 is 15.6 Å². The molecule has 0 bridgehead atoms. The van der Waals surface area contributed by atoms with Gasteiger partial charge < -0.3 is 10.1 Å². The van der Waals surface area contributed by atoms with Crippen LogP contribution in [0.2, 0.25) is 0 Å². The van der Waals surface area contributed by atoms with Crippen LogP contribution in [0.15, 0.2) is 59.4 Å². The maximum Gasteiger partial charge on any atom is 0.419 e. The highest BCUT2D eigenvalue weighted by Crippen LogP contribution is 2.33. The molecule has 1 heterocycles. The number of rotatable bonds is 5.